The lowest BCUT2D eigenvalue weighted by atomic mass is 10.1. The highest BCUT2D eigenvalue weighted by molar-refractivity contribution is 5.87. The Bertz CT molecular complexity index is 441. The van der Waals surface area contributed by atoms with Gasteiger partial charge < -0.3 is 5.11 Å². The number of hydrogen-bond acceptors (Lipinski definition) is 2. The van der Waals surface area contributed by atoms with Crippen LogP contribution in [0.25, 0.3) is 0 Å². The van der Waals surface area contributed by atoms with Crippen molar-refractivity contribution in [2.75, 3.05) is 0 Å². The Morgan fingerprint density at radius 1 is 1.33 bits per heavy atom. The van der Waals surface area contributed by atoms with Crippen LogP contribution in [0.15, 0.2) is 0 Å². The van der Waals surface area contributed by atoms with Gasteiger partial charge in [0.05, 0.1) is 5.69 Å². The van der Waals surface area contributed by atoms with Crippen molar-refractivity contribution < 1.29 is 36.2 Å². The molecule has 1 aromatic rings. The average molecular weight is 276 g/mol. The number of carbonyl (C=O) groups is 1. The number of nitrogens with one attached hydrogen (secondary N) is 1. The number of halogens is 6. The summed E-state index contributed by atoms with van der Waals surface area (Å²) in [5, 5.41) is 12.9. The van der Waals surface area contributed by atoms with Gasteiger partial charge in [-0.3, -0.25) is 5.10 Å². The van der Waals surface area contributed by atoms with Crippen molar-refractivity contribution in [2.45, 2.75) is 25.2 Å². The summed E-state index contributed by atoms with van der Waals surface area (Å²) in [6.45, 7) is 0. The molecule has 1 rings (SSSR count). The van der Waals surface area contributed by atoms with E-state index in [1.54, 1.807) is 5.10 Å². The molecule has 0 aliphatic rings. The van der Waals surface area contributed by atoms with Gasteiger partial charge >= 0.3 is 12.1 Å². The van der Waals surface area contributed by atoms with Gasteiger partial charge in [-0.2, -0.15) is 18.3 Å². The van der Waals surface area contributed by atoms with Crippen molar-refractivity contribution >= 4 is 5.97 Å². The number of rotatable bonds is 4. The maximum atomic E-state index is 12.7. The predicted molar refractivity (Wildman–Crippen MR) is 45.2 cm³/mol. The average Bonchev–Trinajstić information content (AvgIpc) is 2.60. The van der Waals surface area contributed by atoms with Crippen LogP contribution < -0.4 is 0 Å². The Labute approximate surface area is 95.6 Å². The first-order valence-electron chi connectivity index (χ1n) is 4.44. The van der Waals surface area contributed by atoms with Crippen LogP contribution in [-0.2, 0) is 12.6 Å². The normalized spacial score (nSPS) is 13.9. The van der Waals surface area contributed by atoms with Crippen molar-refractivity contribution in [1.82, 2.24) is 10.2 Å². The first kappa shape index (κ1) is 14.3. The van der Waals surface area contributed by atoms with Crippen LogP contribution in [0.5, 0.6) is 0 Å². The third-order valence-corrected chi connectivity index (χ3v) is 2.00. The van der Waals surface area contributed by atoms with Gasteiger partial charge in [0.15, 0.2) is 11.9 Å². The van der Waals surface area contributed by atoms with Gasteiger partial charge in [0.25, 0.3) is 6.43 Å². The maximum absolute atomic E-state index is 12.7. The third kappa shape index (κ3) is 2.93. The molecule has 1 heterocycles. The van der Waals surface area contributed by atoms with Crippen molar-refractivity contribution in [3.8, 4) is 0 Å². The second-order valence-electron chi connectivity index (χ2n) is 3.28. The number of aromatic nitrogens is 2. The lowest BCUT2D eigenvalue weighted by Gasteiger charge is -2.10. The summed E-state index contributed by atoms with van der Waals surface area (Å²) in [6.07, 6.45) is -12.7. The van der Waals surface area contributed by atoms with E-state index in [0.29, 0.717) is 0 Å². The highest BCUT2D eigenvalue weighted by atomic mass is 19.4. The summed E-state index contributed by atoms with van der Waals surface area (Å²) in [6, 6.07) is 0. The molecule has 0 spiro atoms. The smallest absolute Gasteiger partial charge is 0.420 e. The molecule has 1 aromatic heterocycles. The largest absolute Gasteiger partial charge is 0.476 e. The number of alkyl halides is 6. The molecule has 0 amide bonds. The fourth-order valence-electron chi connectivity index (χ4n) is 1.27. The molecule has 1 unspecified atom stereocenters. The molecule has 0 saturated carbocycles. The number of carboxylic acid groups (broad SMARTS) is 1. The molecule has 10 heteroatoms. The van der Waals surface area contributed by atoms with E-state index < -0.39 is 48.1 Å². The minimum Gasteiger partial charge on any atom is -0.476 e. The van der Waals surface area contributed by atoms with Gasteiger partial charge in [-0.05, 0) is 0 Å². The molecule has 18 heavy (non-hydrogen) atoms. The van der Waals surface area contributed by atoms with Crippen molar-refractivity contribution in [3.05, 3.63) is 17.0 Å². The van der Waals surface area contributed by atoms with Gasteiger partial charge in [0.2, 0.25) is 0 Å². The number of hydrogen-bond donors (Lipinski definition) is 2. The second kappa shape index (κ2) is 4.86. The first-order chi connectivity index (χ1) is 8.14. The third-order valence-electron chi connectivity index (χ3n) is 2.00. The molecular weight excluding hydrogens is 270 g/mol. The van der Waals surface area contributed by atoms with Gasteiger partial charge in [0.1, 0.15) is 5.56 Å². The van der Waals surface area contributed by atoms with Gasteiger partial charge in [-0.25, -0.2) is 18.0 Å². The van der Waals surface area contributed by atoms with Crippen LogP contribution >= 0.6 is 0 Å². The zero-order chi connectivity index (χ0) is 14.1. The highest BCUT2D eigenvalue weighted by Gasteiger charge is 2.41. The van der Waals surface area contributed by atoms with E-state index in [2.05, 4.69) is 5.10 Å². The zero-order valence-corrected chi connectivity index (χ0v) is 8.43. The predicted octanol–water partition coefficient (Wildman–Crippen LogP) is 2.27. The molecule has 1 atom stereocenters. The topological polar surface area (TPSA) is 66.0 Å². The van der Waals surface area contributed by atoms with E-state index in [-0.39, 0.29) is 0 Å². The van der Waals surface area contributed by atoms with E-state index in [9.17, 15) is 31.1 Å². The van der Waals surface area contributed by atoms with Crippen LogP contribution in [0.3, 0.4) is 0 Å². The monoisotopic (exact) mass is 276 g/mol. The van der Waals surface area contributed by atoms with E-state index in [0.717, 1.165) is 0 Å². The number of aromatic carboxylic acids is 1. The minimum atomic E-state index is -5.13. The van der Waals surface area contributed by atoms with E-state index in [1.807, 2.05) is 0 Å². The van der Waals surface area contributed by atoms with Crippen LogP contribution in [0.1, 0.15) is 21.7 Å². The molecule has 0 bridgehead atoms. The molecule has 102 valence electrons. The summed E-state index contributed by atoms with van der Waals surface area (Å²) in [5.74, 6) is -1.99. The van der Waals surface area contributed by atoms with Crippen LogP contribution in [0.4, 0.5) is 26.3 Å². The van der Waals surface area contributed by atoms with Crippen molar-refractivity contribution in [3.63, 3.8) is 0 Å². The molecular formula is C8H6F6N2O2. The van der Waals surface area contributed by atoms with Crippen LogP contribution in [0.2, 0.25) is 0 Å². The van der Waals surface area contributed by atoms with Gasteiger partial charge in [-0.1, -0.05) is 0 Å². The zero-order valence-electron chi connectivity index (χ0n) is 8.43. The van der Waals surface area contributed by atoms with Gasteiger partial charge in [0, 0.05) is 6.42 Å². The number of nitrogens with zero attached hydrogens (tertiary/aromatic N) is 1. The molecule has 0 aliphatic heterocycles. The molecule has 0 fully saturated rings. The number of carboxylic acids is 1. The van der Waals surface area contributed by atoms with Crippen molar-refractivity contribution in [1.29, 1.82) is 0 Å². The molecule has 0 saturated heterocycles. The Balaban J connectivity index is 3.17. The molecule has 0 aliphatic carbocycles. The van der Waals surface area contributed by atoms with Crippen molar-refractivity contribution in [2.24, 2.45) is 0 Å². The summed E-state index contributed by atoms with van der Waals surface area (Å²) in [4.78, 5) is 10.5. The van der Waals surface area contributed by atoms with Crippen LogP contribution in [-0.4, -0.2) is 33.9 Å². The fourth-order valence-corrected chi connectivity index (χ4v) is 1.27. The molecule has 4 nitrogen and oxygen atoms in total. The number of H-pyrrole nitrogens is 1. The number of aromatic amines is 1. The quantitative estimate of drug-likeness (QED) is 0.829. The van der Waals surface area contributed by atoms with Gasteiger partial charge in [-0.15, -0.1) is 0 Å². The van der Waals surface area contributed by atoms with E-state index >= 15 is 0 Å². The molecule has 0 radical (unpaired) electrons. The first-order valence-corrected chi connectivity index (χ1v) is 4.44. The summed E-state index contributed by atoms with van der Waals surface area (Å²) < 4.78 is 74.0. The lowest BCUT2D eigenvalue weighted by Crippen LogP contribution is -2.19. The summed E-state index contributed by atoms with van der Waals surface area (Å²) in [7, 11) is 0. The minimum absolute atomic E-state index is 1.02. The van der Waals surface area contributed by atoms with Crippen LogP contribution in [0, 0.1) is 0 Å². The Hall–Kier alpha value is -1.74. The second-order valence-corrected chi connectivity index (χ2v) is 3.28. The highest BCUT2D eigenvalue weighted by Crippen LogP contribution is 2.34. The standard InChI is InChI=1S/C8H6F6N2O2/c9-2(6(10)11)1-3-4(8(12,13)14)5(7(17)18)16-15-3/h2,6H,1H2,(H,15,16)(H,17,18). The molecule has 2 N–H and O–H groups in total. The lowest BCUT2D eigenvalue weighted by molar-refractivity contribution is -0.138. The van der Waals surface area contributed by atoms with E-state index in [1.165, 1.54) is 0 Å². The summed E-state index contributed by atoms with van der Waals surface area (Å²) >= 11 is 0. The Morgan fingerprint density at radius 2 is 1.89 bits per heavy atom. The SMILES string of the molecule is O=C(O)c1n[nH]c(CC(F)C(F)F)c1C(F)(F)F. The Kier molecular flexibility index (Phi) is 3.87. The Morgan fingerprint density at radius 3 is 2.28 bits per heavy atom. The summed E-state index contributed by atoms with van der Waals surface area (Å²) in [5.41, 5.74) is -4.13. The molecule has 0 aromatic carbocycles. The maximum Gasteiger partial charge on any atom is 0.420 e. The fraction of sp³-hybridized carbons (Fsp3) is 0.500. The van der Waals surface area contributed by atoms with E-state index in [4.69, 9.17) is 5.11 Å².